The Kier molecular flexibility index (Phi) is 4.62. The van der Waals surface area contributed by atoms with Gasteiger partial charge in [-0.3, -0.25) is 4.98 Å². The van der Waals surface area contributed by atoms with Crippen molar-refractivity contribution in [1.29, 1.82) is 0 Å². The molecule has 0 bridgehead atoms. The maximum Gasteiger partial charge on any atom is 0.164 e. The summed E-state index contributed by atoms with van der Waals surface area (Å²) in [5.41, 5.74) is 4.07. The molecule has 4 aromatic carbocycles. The lowest BCUT2D eigenvalue weighted by Gasteiger charge is -2.16. The summed E-state index contributed by atoms with van der Waals surface area (Å²) >= 11 is 0. The van der Waals surface area contributed by atoms with Gasteiger partial charge < -0.3 is 0 Å². The quantitative estimate of drug-likeness (QED) is 0.291. The molecular weight excluding hydrogens is 404 g/mol. The van der Waals surface area contributed by atoms with Crippen LogP contribution in [0.2, 0.25) is 0 Å². The molecule has 6 rings (SSSR count). The molecule has 0 amide bonds. The molecule has 4 heteroatoms. The Morgan fingerprint density at radius 2 is 1.03 bits per heavy atom. The van der Waals surface area contributed by atoms with Crippen molar-refractivity contribution >= 4 is 21.5 Å². The number of hydrogen-bond donors (Lipinski definition) is 0. The summed E-state index contributed by atoms with van der Waals surface area (Å²) in [6, 6.07) is 33.0. The van der Waals surface area contributed by atoms with Gasteiger partial charge in [0.1, 0.15) is 5.82 Å². The maximum absolute atomic E-state index is 4.94. The second-order valence-corrected chi connectivity index (χ2v) is 7.95. The minimum atomic E-state index is 0.681. The van der Waals surface area contributed by atoms with Crippen LogP contribution in [0.4, 0.5) is 0 Å². The van der Waals surface area contributed by atoms with Gasteiger partial charge in [-0.25, -0.2) is 15.0 Å². The van der Waals surface area contributed by atoms with Crippen LogP contribution in [0.25, 0.3) is 55.6 Å². The summed E-state index contributed by atoms with van der Waals surface area (Å²) in [5, 5.41) is 4.45. The van der Waals surface area contributed by atoms with Crippen molar-refractivity contribution < 1.29 is 0 Å². The number of rotatable bonds is 3. The molecule has 2 aromatic heterocycles. The van der Waals surface area contributed by atoms with Gasteiger partial charge in [0.05, 0.1) is 5.69 Å². The zero-order valence-electron chi connectivity index (χ0n) is 18.1. The first-order valence-corrected chi connectivity index (χ1v) is 10.9. The van der Waals surface area contributed by atoms with E-state index in [1.807, 2.05) is 55.6 Å². The minimum absolute atomic E-state index is 0.681. The van der Waals surface area contributed by atoms with Crippen LogP contribution in [0, 0.1) is 6.92 Å². The van der Waals surface area contributed by atoms with E-state index < -0.39 is 0 Å². The number of fused-ring (bicyclic) bond motifs is 2. The van der Waals surface area contributed by atoms with Gasteiger partial charge in [-0.05, 0) is 40.6 Å². The van der Waals surface area contributed by atoms with E-state index >= 15 is 0 Å². The van der Waals surface area contributed by atoms with E-state index in [2.05, 4.69) is 64.6 Å². The van der Waals surface area contributed by atoms with E-state index in [4.69, 9.17) is 9.97 Å². The highest BCUT2D eigenvalue weighted by Crippen LogP contribution is 2.42. The molecule has 156 valence electrons. The number of aromatic nitrogens is 4. The average molecular weight is 425 g/mol. The zero-order chi connectivity index (χ0) is 22.2. The van der Waals surface area contributed by atoms with Crippen LogP contribution in [0.5, 0.6) is 0 Å². The summed E-state index contributed by atoms with van der Waals surface area (Å²) in [4.78, 5) is 19.0. The van der Waals surface area contributed by atoms with Crippen molar-refractivity contribution in [3.8, 4) is 34.0 Å². The molecule has 0 N–H and O–H groups in total. The molecule has 0 aliphatic carbocycles. The third-order valence-electron chi connectivity index (χ3n) is 5.86. The van der Waals surface area contributed by atoms with Crippen LogP contribution in [0.15, 0.2) is 103 Å². The molecule has 4 nitrogen and oxygen atoms in total. The number of aryl methyl sites for hydroxylation is 1. The number of hydrogen-bond acceptors (Lipinski definition) is 4. The third-order valence-corrected chi connectivity index (χ3v) is 5.86. The topological polar surface area (TPSA) is 51.6 Å². The Morgan fingerprint density at radius 3 is 1.64 bits per heavy atom. The molecule has 0 saturated heterocycles. The standard InChI is InChI=1S/C29H20N4/c1-19-31-28(20-11-3-2-4-12-20)33-29(32-19)27-23-15-7-5-13-21(23)26(25-17-9-10-18-30-25)22-14-6-8-16-24(22)27/h2-18H,1H3. The number of benzene rings is 4. The fourth-order valence-electron chi connectivity index (χ4n) is 4.47. The van der Waals surface area contributed by atoms with Gasteiger partial charge in [0.25, 0.3) is 0 Å². The first-order chi connectivity index (χ1) is 16.3. The maximum atomic E-state index is 4.94. The molecule has 0 unspecified atom stereocenters. The fourth-order valence-corrected chi connectivity index (χ4v) is 4.47. The predicted molar refractivity (Wildman–Crippen MR) is 134 cm³/mol. The first kappa shape index (κ1) is 19.3. The molecule has 0 spiro atoms. The van der Waals surface area contributed by atoms with Crippen molar-refractivity contribution in [2.45, 2.75) is 6.92 Å². The van der Waals surface area contributed by atoms with E-state index in [-0.39, 0.29) is 0 Å². The van der Waals surface area contributed by atoms with E-state index in [0.29, 0.717) is 17.5 Å². The lowest BCUT2D eigenvalue weighted by Crippen LogP contribution is -2.01. The molecule has 33 heavy (non-hydrogen) atoms. The second-order valence-electron chi connectivity index (χ2n) is 7.95. The van der Waals surface area contributed by atoms with Gasteiger partial charge >= 0.3 is 0 Å². The van der Waals surface area contributed by atoms with Crippen molar-refractivity contribution in [2.24, 2.45) is 0 Å². The second kappa shape index (κ2) is 7.92. The SMILES string of the molecule is Cc1nc(-c2ccccc2)nc(-c2c3ccccc3c(-c3ccccn3)c3ccccc23)n1. The lowest BCUT2D eigenvalue weighted by atomic mass is 9.89. The largest absolute Gasteiger partial charge is 0.256 e. The van der Waals surface area contributed by atoms with E-state index in [1.165, 1.54) is 0 Å². The summed E-state index contributed by atoms with van der Waals surface area (Å²) in [7, 11) is 0. The highest BCUT2D eigenvalue weighted by atomic mass is 15.0. The van der Waals surface area contributed by atoms with Crippen LogP contribution in [-0.2, 0) is 0 Å². The van der Waals surface area contributed by atoms with Crippen LogP contribution >= 0.6 is 0 Å². The highest BCUT2D eigenvalue weighted by Gasteiger charge is 2.19. The molecule has 0 fully saturated rings. The van der Waals surface area contributed by atoms with Gasteiger partial charge in [-0.15, -0.1) is 0 Å². The van der Waals surface area contributed by atoms with Gasteiger partial charge in [-0.1, -0.05) is 84.9 Å². The lowest BCUT2D eigenvalue weighted by molar-refractivity contribution is 0.994. The fraction of sp³-hybridized carbons (Fsp3) is 0.0345. The monoisotopic (exact) mass is 424 g/mol. The summed E-state index contributed by atoms with van der Waals surface area (Å²) < 4.78 is 0. The summed E-state index contributed by atoms with van der Waals surface area (Å²) in [6.45, 7) is 1.92. The molecule has 0 saturated carbocycles. The normalized spacial score (nSPS) is 11.2. The van der Waals surface area contributed by atoms with Gasteiger partial charge in [0.2, 0.25) is 0 Å². The Balaban J connectivity index is 1.73. The summed E-state index contributed by atoms with van der Waals surface area (Å²) in [6.07, 6.45) is 1.84. The molecule has 2 heterocycles. The third kappa shape index (κ3) is 3.33. The van der Waals surface area contributed by atoms with E-state index in [9.17, 15) is 0 Å². The molecular formula is C29H20N4. The zero-order valence-corrected chi connectivity index (χ0v) is 18.1. The molecule has 0 aliphatic rings. The highest BCUT2D eigenvalue weighted by molar-refractivity contribution is 6.20. The molecule has 6 aromatic rings. The Bertz CT molecular complexity index is 1550. The smallest absolute Gasteiger partial charge is 0.164 e. The van der Waals surface area contributed by atoms with Crippen molar-refractivity contribution in [3.05, 3.63) is 109 Å². The van der Waals surface area contributed by atoms with Crippen LogP contribution in [0.1, 0.15) is 5.82 Å². The predicted octanol–water partition coefficient (Wildman–Crippen LogP) is 6.88. The van der Waals surface area contributed by atoms with Crippen molar-refractivity contribution in [3.63, 3.8) is 0 Å². The Hall–Kier alpha value is -4.44. The first-order valence-electron chi connectivity index (χ1n) is 10.9. The Labute approximate surface area is 191 Å². The molecule has 0 aliphatic heterocycles. The van der Waals surface area contributed by atoms with Crippen molar-refractivity contribution in [2.75, 3.05) is 0 Å². The van der Waals surface area contributed by atoms with Crippen LogP contribution in [-0.4, -0.2) is 19.9 Å². The molecule has 0 atom stereocenters. The average Bonchev–Trinajstić information content (AvgIpc) is 2.88. The van der Waals surface area contributed by atoms with Gasteiger partial charge in [0, 0.05) is 22.9 Å². The molecule has 0 radical (unpaired) electrons. The van der Waals surface area contributed by atoms with Gasteiger partial charge in [0.15, 0.2) is 11.6 Å². The number of pyridine rings is 1. The minimum Gasteiger partial charge on any atom is -0.256 e. The van der Waals surface area contributed by atoms with Crippen LogP contribution in [0.3, 0.4) is 0 Å². The van der Waals surface area contributed by atoms with E-state index in [1.54, 1.807) is 0 Å². The Morgan fingerprint density at radius 1 is 0.485 bits per heavy atom. The van der Waals surface area contributed by atoms with Gasteiger partial charge in [-0.2, -0.15) is 0 Å². The number of nitrogens with zero attached hydrogens (tertiary/aromatic N) is 4. The summed E-state index contributed by atoms with van der Waals surface area (Å²) in [5.74, 6) is 2.06. The van der Waals surface area contributed by atoms with Crippen LogP contribution < -0.4 is 0 Å². The van der Waals surface area contributed by atoms with Crippen molar-refractivity contribution in [1.82, 2.24) is 19.9 Å². The van der Waals surface area contributed by atoms with E-state index in [0.717, 1.165) is 43.9 Å².